The van der Waals surface area contributed by atoms with Crippen molar-refractivity contribution in [3.63, 3.8) is 0 Å². The lowest BCUT2D eigenvalue weighted by atomic mass is 9.84. The van der Waals surface area contributed by atoms with Crippen LogP contribution in [0.1, 0.15) is 32.6 Å². The second-order valence-corrected chi connectivity index (χ2v) is 8.05. The molecule has 2 aliphatic carbocycles. The molecule has 4 nitrogen and oxygen atoms in total. The SMILES string of the molecule is C[C@@H](NC(=O)Cn1ccc(=O)c2sccc21)[C@H]1C[C@H]2CC[C@H]1C2. The first-order valence-corrected chi connectivity index (χ1v) is 9.36. The number of rotatable bonds is 4. The summed E-state index contributed by atoms with van der Waals surface area (Å²) >= 11 is 1.43. The lowest BCUT2D eigenvalue weighted by Gasteiger charge is -2.28. The summed E-state index contributed by atoms with van der Waals surface area (Å²) in [4.78, 5) is 24.2. The summed E-state index contributed by atoms with van der Waals surface area (Å²) in [6.45, 7) is 2.42. The number of hydrogen-bond donors (Lipinski definition) is 1. The predicted octanol–water partition coefficient (Wildman–Crippen LogP) is 3.00. The molecule has 5 heteroatoms. The van der Waals surface area contributed by atoms with E-state index in [2.05, 4.69) is 12.2 Å². The molecular formula is C18H22N2O2S. The molecule has 0 unspecified atom stereocenters. The van der Waals surface area contributed by atoms with Gasteiger partial charge in [-0.1, -0.05) is 6.42 Å². The second-order valence-electron chi connectivity index (χ2n) is 7.14. The fourth-order valence-electron chi connectivity index (χ4n) is 4.63. The molecule has 2 aromatic rings. The van der Waals surface area contributed by atoms with E-state index in [1.54, 1.807) is 12.3 Å². The van der Waals surface area contributed by atoms with Gasteiger partial charge in [0.15, 0.2) is 5.43 Å². The molecule has 122 valence electrons. The molecule has 23 heavy (non-hydrogen) atoms. The van der Waals surface area contributed by atoms with E-state index < -0.39 is 0 Å². The zero-order chi connectivity index (χ0) is 16.0. The fourth-order valence-corrected chi connectivity index (χ4v) is 5.46. The maximum absolute atomic E-state index is 12.4. The molecule has 1 amide bonds. The molecule has 0 radical (unpaired) electrons. The lowest BCUT2D eigenvalue weighted by Crippen LogP contribution is -2.41. The Morgan fingerprint density at radius 1 is 1.39 bits per heavy atom. The topological polar surface area (TPSA) is 51.1 Å². The molecule has 4 atom stereocenters. The van der Waals surface area contributed by atoms with E-state index in [1.807, 2.05) is 16.0 Å². The monoisotopic (exact) mass is 330 g/mol. The van der Waals surface area contributed by atoms with Crippen LogP contribution in [-0.4, -0.2) is 16.5 Å². The fraction of sp³-hybridized carbons (Fsp3) is 0.556. The number of carbonyl (C=O) groups excluding carboxylic acids is 1. The van der Waals surface area contributed by atoms with Crippen molar-refractivity contribution in [2.75, 3.05) is 0 Å². The first-order valence-electron chi connectivity index (χ1n) is 8.48. The summed E-state index contributed by atoms with van der Waals surface area (Å²) in [6, 6.07) is 3.70. The highest BCUT2D eigenvalue weighted by atomic mass is 32.1. The third-order valence-corrected chi connectivity index (χ3v) is 6.64. The smallest absolute Gasteiger partial charge is 0.240 e. The molecule has 2 bridgehead atoms. The van der Waals surface area contributed by atoms with E-state index in [1.165, 1.54) is 37.0 Å². The predicted molar refractivity (Wildman–Crippen MR) is 92.6 cm³/mol. The third kappa shape index (κ3) is 2.71. The quantitative estimate of drug-likeness (QED) is 0.937. The second kappa shape index (κ2) is 5.78. The Bertz CT molecular complexity index is 794. The highest BCUT2D eigenvalue weighted by Crippen LogP contribution is 2.49. The number of aromatic nitrogens is 1. The van der Waals surface area contributed by atoms with Gasteiger partial charge in [-0.3, -0.25) is 9.59 Å². The molecular weight excluding hydrogens is 308 g/mol. The van der Waals surface area contributed by atoms with Crippen LogP contribution in [0.3, 0.4) is 0 Å². The van der Waals surface area contributed by atoms with Crippen LogP contribution in [-0.2, 0) is 11.3 Å². The highest BCUT2D eigenvalue weighted by Gasteiger charge is 2.42. The number of fused-ring (bicyclic) bond motifs is 3. The molecule has 0 aromatic carbocycles. The summed E-state index contributed by atoms with van der Waals surface area (Å²) in [5.74, 6) is 2.39. The Labute approximate surface area is 139 Å². The van der Waals surface area contributed by atoms with Gasteiger partial charge in [-0.2, -0.15) is 0 Å². The molecule has 0 saturated heterocycles. The van der Waals surface area contributed by atoms with E-state index in [9.17, 15) is 9.59 Å². The first-order chi connectivity index (χ1) is 11.1. The van der Waals surface area contributed by atoms with E-state index in [0.717, 1.165) is 22.1 Å². The van der Waals surface area contributed by atoms with Crippen LogP contribution in [0, 0.1) is 17.8 Å². The normalized spacial score (nSPS) is 27.4. The van der Waals surface area contributed by atoms with Crippen LogP contribution in [0.5, 0.6) is 0 Å². The Kier molecular flexibility index (Phi) is 3.76. The van der Waals surface area contributed by atoms with Crippen LogP contribution >= 0.6 is 11.3 Å². The maximum Gasteiger partial charge on any atom is 0.240 e. The third-order valence-electron chi connectivity index (χ3n) is 5.72. The average molecular weight is 330 g/mol. The Morgan fingerprint density at radius 3 is 3.00 bits per heavy atom. The van der Waals surface area contributed by atoms with Gasteiger partial charge in [-0.15, -0.1) is 11.3 Å². The number of carbonyl (C=O) groups is 1. The van der Waals surface area contributed by atoms with Gasteiger partial charge in [-0.05, 0) is 55.4 Å². The summed E-state index contributed by atoms with van der Waals surface area (Å²) in [5.41, 5.74) is 0.882. The lowest BCUT2D eigenvalue weighted by molar-refractivity contribution is -0.122. The van der Waals surface area contributed by atoms with Crippen molar-refractivity contribution in [3.8, 4) is 0 Å². The molecule has 2 heterocycles. The average Bonchev–Trinajstić information content (AvgIpc) is 3.25. The van der Waals surface area contributed by atoms with Crippen LogP contribution in [0.2, 0.25) is 0 Å². The van der Waals surface area contributed by atoms with Gasteiger partial charge in [0.2, 0.25) is 5.91 Å². The van der Waals surface area contributed by atoms with E-state index in [-0.39, 0.29) is 23.9 Å². The molecule has 2 aliphatic rings. The highest BCUT2D eigenvalue weighted by molar-refractivity contribution is 7.17. The minimum atomic E-state index is 0.0296. The largest absolute Gasteiger partial charge is 0.352 e. The van der Waals surface area contributed by atoms with Gasteiger partial charge in [0, 0.05) is 18.3 Å². The van der Waals surface area contributed by atoms with Crippen molar-refractivity contribution in [3.05, 3.63) is 33.9 Å². The summed E-state index contributed by atoms with van der Waals surface area (Å²) in [6.07, 6.45) is 7.08. The van der Waals surface area contributed by atoms with Crippen LogP contribution in [0.15, 0.2) is 28.5 Å². The van der Waals surface area contributed by atoms with Crippen molar-refractivity contribution in [2.45, 2.75) is 45.2 Å². The molecule has 2 fully saturated rings. The molecule has 0 spiro atoms. The van der Waals surface area contributed by atoms with Crippen LogP contribution < -0.4 is 10.7 Å². The van der Waals surface area contributed by atoms with Gasteiger partial charge in [0.1, 0.15) is 6.54 Å². The van der Waals surface area contributed by atoms with Crippen LogP contribution in [0.4, 0.5) is 0 Å². The molecule has 4 rings (SSSR count). The standard InChI is InChI=1S/C18H22N2O2S/c1-11(14-9-12-2-3-13(14)8-12)19-17(22)10-20-6-4-16(21)18-15(20)5-7-23-18/h4-7,11-14H,2-3,8-10H2,1H3,(H,19,22)/t11-,12+,13+,14-/m1/s1. The van der Waals surface area contributed by atoms with Crippen molar-refractivity contribution in [1.29, 1.82) is 0 Å². The maximum atomic E-state index is 12.4. The van der Waals surface area contributed by atoms with E-state index in [4.69, 9.17) is 0 Å². The Balaban J connectivity index is 1.44. The zero-order valence-corrected chi connectivity index (χ0v) is 14.1. The minimum Gasteiger partial charge on any atom is -0.352 e. The number of amides is 1. The van der Waals surface area contributed by atoms with E-state index in [0.29, 0.717) is 5.92 Å². The van der Waals surface area contributed by atoms with Gasteiger partial charge < -0.3 is 9.88 Å². The minimum absolute atomic E-state index is 0.0296. The van der Waals surface area contributed by atoms with Crippen molar-refractivity contribution in [2.24, 2.45) is 17.8 Å². The first kappa shape index (κ1) is 14.9. The Morgan fingerprint density at radius 2 is 2.26 bits per heavy atom. The number of hydrogen-bond acceptors (Lipinski definition) is 3. The van der Waals surface area contributed by atoms with Crippen molar-refractivity contribution >= 4 is 27.5 Å². The van der Waals surface area contributed by atoms with Gasteiger partial charge >= 0.3 is 0 Å². The van der Waals surface area contributed by atoms with Crippen LogP contribution in [0.25, 0.3) is 10.2 Å². The summed E-state index contributed by atoms with van der Waals surface area (Å²) in [5, 5.41) is 5.09. The van der Waals surface area contributed by atoms with Gasteiger partial charge in [0.25, 0.3) is 0 Å². The summed E-state index contributed by atoms with van der Waals surface area (Å²) < 4.78 is 2.59. The summed E-state index contributed by atoms with van der Waals surface area (Å²) in [7, 11) is 0. The Hall–Kier alpha value is -1.62. The number of nitrogens with zero attached hydrogens (tertiary/aromatic N) is 1. The molecule has 1 N–H and O–H groups in total. The van der Waals surface area contributed by atoms with Crippen molar-refractivity contribution < 1.29 is 4.79 Å². The van der Waals surface area contributed by atoms with Gasteiger partial charge in [-0.25, -0.2) is 0 Å². The van der Waals surface area contributed by atoms with Crippen molar-refractivity contribution in [1.82, 2.24) is 9.88 Å². The molecule has 2 saturated carbocycles. The molecule has 0 aliphatic heterocycles. The van der Waals surface area contributed by atoms with E-state index >= 15 is 0 Å². The number of thiophene rings is 1. The molecule has 2 aromatic heterocycles. The number of nitrogens with one attached hydrogen (secondary N) is 1. The number of pyridine rings is 1. The zero-order valence-electron chi connectivity index (χ0n) is 13.3. The van der Waals surface area contributed by atoms with Gasteiger partial charge in [0.05, 0.1) is 10.2 Å².